The Bertz CT molecular complexity index is 422. The van der Waals surface area contributed by atoms with Crippen LogP contribution < -0.4 is 0 Å². The van der Waals surface area contributed by atoms with E-state index in [2.05, 4.69) is 27.7 Å². The van der Waals surface area contributed by atoms with E-state index in [9.17, 15) is 9.90 Å². The summed E-state index contributed by atoms with van der Waals surface area (Å²) < 4.78 is 5.97. The lowest BCUT2D eigenvalue weighted by atomic mass is 9.64. The largest absolute Gasteiger partial charge is 0.459 e. The quantitative estimate of drug-likeness (QED) is 0.807. The highest BCUT2D eigenvalue weighted by Gasteiger charge is 2.54. The van der Waals surface area contributed by atoms with Crippen molar-refractivity contribution >= 4 is 5.97 Å². The summed E-state index contributed by atoms with van der Waals surface area (Å²) in [5, 5.41) is 9.65. The Morgan fingerprint density at radius 3 is 2.27 bits per heavy atom. The van der Waals surface area contributed by atoms with Crippen LogP contribution in [0.3, 0.4) is 0 Å². The monoisotopic (exact) mass is 308 g/mol. The summed E-state index contributed by atoms with van der Waals surface area (Å²) in [6.07, 6.45) is 5.69. The molecule has 0 bridgehead atoms. The molecule has 0 aromatic carbocycles. The van der Waals surface area contributed by atoms with Gasteiger partial charge < -0.3 is 9.84 Å². The smallest absolute Gasteiger partial charge is 0.309 e. The van der Waals surface area contributed by atoms with Crippen LogP contribution in [0.25, 0.3) is 0 Å². The van der Waals surface area contributed by atoms with Crippen LogP contribution in [-0.2, 0) is 9.53 Å². The van der Waals surface area contributed by atoms with E-state index in [1.54, 1.807) is 0 Å². The first-order valence-electron chi connectivity index (χ1n) is 9.20. The second-order valence-corrected chi connectivity index (χ2v) is 8.77. The first-order chi connectivity index (χ1) is 10.3. The van der Waals surface area contributed by atoms with Gasteiger partial charge in [-0.1, -0.05) is 13.8 Å². The Morgan fingerprint density at radius 2 is 1.68 bits per heavy atom. The number of ether oxygens (including phenoxy) is 1. The molecule has 0 aliphatic heterocycles. The third-order valence-corrected chi connectivity index (χ3v) is 7.16. The number of carbonyl (C=O) groups is 1. The van der Waals surface area contributed by atoms with Gasteiger partial charge in [-0.2, -0.15) is 0 Å². The van der Waals surface area contributed by atoms with Gasteiger partial charge in [0.1, 0.15) is 5.60 Å². The van der Waals surface area contributed by atoms with Gasteiger partial charge in [-0.05, 0) is 82.0 Å². The Hall–Kier alpha value is -0.570. The molecule has 5 unspecified atom stereocenters. The standard InChI is InChI=1S/C19H32O3/c1-11-9-16-15(12(11)2)10-17(16)18(21)22-19(3,4)13-5-7-14(20)8-6-13/h11-17,20H,5-10H2,1-4H3. The predicted molar refractivity (Wildman–Crippen MR) is 86.2 cm³/mol. The molecule has 5 atom stereocenters. The maximum atomic E-state index is 12.6. The Kier molecular flexibility index (Phi) is 4.30. The summed E-state index contributed by atoms with van der Waals surface area (Å²) in [6.45, 7) is 8.78. The highest BCUT2D eigenvalue weighted by Crippen LogP contribution is 2.56. The second-order valence-electron chi connectivity index (χ2n) is 8.77. The number of aliphatic hydroxyl groups excluding tert-OH is 1. The summed E-state index contributed by atoms with van der Waals surface area (Å²) in [4.78, 5) is 12.6. The summed E-state index contributed by atoms with van der Waals surface area (Å²) in [5.41, 5.74) is -0.391. The zero-order valence-electron chi connectivity index (χ0n) is 14.5. The molecule has 3 aliphatic carbocycles. The number of esters is 1. The first kappa shape index (κ1) is 16.3. The van der Waals surface area contributed by atoms with E-state index in [0.717, 1.165) is 49.9 Å². The zero-order chi connectivity index (χ0) is 16.1. The molecule has 0 radical (unpaired) electrons. The molecule has 3 saturated carbocycles. The van der Waals surface area contributed by atoms with E-state index in [1.165, 1.54) is 6.42 Å². The van der Waals surface area contributed by atoms with E-state index < -0.39 is 5.60 Å². The van der Waals surface area contributed by atoms with Crippen LogP contribution in [0.4, 0.5) is 0 Å². The summed E-state index contributed by atoms with van der Waals surface area (Å²) >= 11 is 0. The van der Waals surface area contributed by atoms with Crippen molar-refractivity contribution < 1.29 is 14.6 Å². The van der Waals surface area contributed by atoms with Crippen LogP contribution in [0.5, 0.6) is 0 Å². The molecule has 0 aromatic rings. The molecular weight excluding hydrogens is 276 g/mol. The minimum absolute atomic E-state index is 0.0404. The van der Waals surface area contributed by atoms with Gasteiger partial charge in [0.2, 0.25) is 0 Å². The summed E-state index contributed by atoms with van der Waals surface area (Å²) in [5.74, 6) is 3.41. The van der Waals surface area contributed by atoms with E-state index >= 15 is 0 Å². The average molecular weight is 308 g/mol. The maximum absolute atomic E-state index is 12.6. The summed E-state index contributed by atoms with van der Waals surface area (Å²) in [6, 6.07) is 0. The molecule has 0 saturated heterocycles. The molecule has 0 spiro atoms. The number of hydrogen-bond donors (Lipinski definition) is 1. The molecule has 3 aliphatic rings. The summed E-state index contributed by atoms with van der Waals surface area (Å²) in [7, 11) is 0. The van der Waals surface area contributed by atoms with Gasteiger partial charge in [0, 0.05) is 0 Å². The minimum Gasteiger partial charge on any atom is -0.459 e. The average Bonchev–Trinajstić information content (AvgIpc) is 2.62. The molecule has 3 rings (SSSR count). The Morgan fingerprint density at radius 1 is 1.05 bits per heavy atom. The minimum atomic E-state index is -0.391. The molecular formula is C19H32O3. The number of aliphatic hydroxyl groups is 1. The Labute approximate surface area is 134 Å². The third-order valence-electron chi connectivity index (χ3n) is 7.16. The highest BCUT2D eigenvalue weighted by molar-refractivity contribution is 5.74. The number of rotatable bonds is 3. The van der Waals surface area contributed by atoms with Gasteiger partial charge in [-0.25, -0.2) is 0 Å². The molecule has 126 valence electrons. The molecule has 0 heterocycles. The van der Waals surface area contributed by atoms with Crippen molar-refractivity contribution in [2.24, 2.45) is 35.5 Å². The van der Waals surface area contributed by atoms with Crippen molar-refractivity contribution in [3.8, 4) is 0 Å². The highest BCUT2D eigenvalue weighted by atomic mass is 16.6. The molecule has 3 fully saturated rings. The molecule has 0 aromatic heterocycles. The predicted octanol–water partition coefficient (Wildman–Crippen LogP) is 3.79. The van der Waals surface area contributed by atoms with Gasteiger partial charge >= 0.3 is 5.97 Å². The molecule has 0 amide bonds. The van der Waals surface area contributed by atoms with Gasteiger partial charge in [-0.3, -0.25) is 4.79 Å². The van der Waals surface area contributed by atoms with Crippen LogP contribution in [0.1, 0.15) is 66.2 Å². The zero-order valence-corrected chi connectivity index (χ0v) is 14.5. The fourth-order valence-corrected chi connectivity index (χ4v) is 5.22. The van der Waals surface area contributed by atoms with Crippen molar-refractivity contribution in [1.82, 2.24) is 0 Å². The fraction of sp³-hybridized carbons (Fsp3) is 0.947. The fourth-order valence-electron chi connectivity index (χ4n) is 5.22. The van der Waals surface area contributed by atoms with Crippen molar-refractivity contribution in [3.63, 3.8) is 0 Å². The van der Waals surface area contributed by atoms with Crippen molar-refractivity contribution in [2.45, 2.75) is 77.9 Å². The normalized spacial score (nSPS) is 45.0. The van der Waals surface area contributed by atoms with Crippen molar-refractivity contribution in [1.29, 1.82) is 0 Å². The lowest BCUT2D eigenvalue weighted by Crippen LogP contribution is -2.46. The van der Waals surface area contributed by atoms with Crippen LogP contribution in [0.2, 0.25) is 0 Å². The lowest BCUT2D eigenvalue weighted by molar-refractivity contribution is -0.177. The topological polar surface area (TPSA) is 46.5 Å². The second kappa shape index (κ2) is 5.81. The number of hydrogen-bond acceptors (Lipinski definition) is 3. The number of fused-ring (bicyclic) bond motifs is 1. The van der Waals surface area contributed by atoms with Gasteiger partial charge in [0.15, 0.2) is 0 Å². The number of carbonyl (C=O) groups excluding carboxylic acids is 1. The molecule has 3 heteroatoms. The van der Waals surface area contributed by atoms with Crippen LogP contribution in [0.15, 0.2) is 0 Å². The van der Waals surface area contributed by atoms with Crippen LogP contribution in [0, 0.1) is 35.5 Å². The molecule has 22 heavy (non-hydrogen) atoms. The van der Waals surface area contributed by atoms with Crippen LogP contribution >= 0.6 is 0 Å². The van der Waals surface area contributed by atoms with Gasteiger partial charge in [0.25, 0.3) is 0 Å². The SMILES string of the molecule is CC1CC2C(C(=O)OC(C)(C)C3CCC(O)CC3)CC2C1C. The Balaban J connectivity index is 1.56. The van der Waals surface area contributed by atoms with Crippen LogP contribution in [-0.4, -0.2) is 22.8 Å². The molecule has 3 nitrogen and oxygen atoms in total. The van der Waals surface area contributed by atoms with Crippen molar-refractivity contribution in [2.75, 3.05) is 0 Å². The first-order valence-corrected chi connectivity index (χ1v) is 9.20. The van der Waals surface area contributed by atoms with Crippen molar-refractivity contribution in [3.05, 3.63) is 0 Å². The van der Waals surface area contributed by atoms with E-state index in [1.807, 2.05) is 0 Å². The van der Waals surface area contributed by atoms with E-state index in [0.29, 0.717) is 11.8 Å². The molecule has 1 N–H and O–H groups in total. The van der Waals surface area contributed by atoms with E-state index in [4.69, 9.17) is 4.74 Å². The van der Waals surface area contributed by atoms with E-state index in [-0.39, 0.29) is 18.0 Å². The lowest BCUT2D eigenvalue weighted by Gasteiger charge is -2.44. The van der Waals surface area contributed by atoms with Gasteiger partial charge in [-0.15, -0.1) is 0 Å². The van der Waals surface area contributed by atoms with Gasteiger partial charge in [0.05, 0.1) is 12.0 Å². The third kappa shape index (κ3) is 2.81. The maximum Gasteiger partial charge on any atom is 0.309 e.